The van der Waals surface area contributed by atoms with Crippen LogP contribution >= 0.6 is 0 Å². The number of carbonyl (C=O) groups is 2. The predicted octanol–water partition coefficient (Wildman–Crippen LogP) is 1.55. The first-order chi connectivity index (χ1) is 6.13. The van der Waals surface area contributed by atoms with Gasteiger partial charge < -0.3 is 4.74 Å². The summed E-state index contributed by atoms with van der Waals surface area (Å²) in [5.41, 5.74) is 1.29. The van der Waals surface area contributed by atoms with Crippen LogP contribution in [0.2, 0.25) is 0 Å². The van der Waals surface area contributed by atoms with Crippen molar-refractivity contribution in [1.82, 2.24) is 0 Å². The number of aryl methyl sites for hydroxylation is 1. The molecule has 0 bridgehead atoms. The average Bonchev–Trinajstić information content (AvgIpc) is 2.08. The molecule has 0 unspecified atom stereocenters. The fraction of sp³-hybridized carbons (Fsp3) is 0.100. The molecular weight excluding hydrogens is 168 g/mol. The number of aldehydes is 1. The normalized spacial score (nSPS) is 9.38. The highest BCUT2D eigenvalue weighted by atomic mass is 16.5. The molecule has 0 N–H and O–H groups in total. The van der Waals surface area contributed by atoms with E-state index >= 15 is 0 Å². The van der Waals surface area contributed by atoms with Gasteiger partial charge in [-0.3, -0.25) is 9.59 Å². The van der Waals surface area contributed by atoms with Crippen molar-refractivity contribution in [3.8, 4) is 5.75 Å². The molecule has 0 heterocycles. The van der Waals surface area contributed by atoms with E-state index in [1.807, 2.05) is 0 Å². The second kappa shape index (κ2) is 3.85. The molecule has 0 saturated heterocycles. The van der Waals surface area contributed by atoms with E-state index in [2.05, 4.69) is 6.92 Å². The summed E-state index contributed by atoms with van der Waals surface area (Å²) >= 11 is 0. The molecule has 0 atom stereocenters. The fourth-order valence-corrected chi connectivity index (χ4v) is 0.983. The molecule has 0 fully saturated rings. The Bertz CT molecular complexity index is 342. The summed E-state index contributed by atoms with van der Waals surface area (Å²) in [6.45, 7) is 4.84. The van der Waals surface area contributed by atoms with Gasteiger partial charge in [-0.2, -0.15) is 0 Å². The van der Waals surface area contributed by atoms with Crippen LogP contribution in [0.4, 0.5) is 0 Å². The van der Waals surface area contributed by atoms with Gasteiger partial charge in [0.05, 0.1) is 6.92 Å². The highest BCUT2D eigenvalue weighted by Gasteiger charge is 2.02. The maximum atomic E-state index is 10.5. The first-order valence-corrected chi connectivity index (χ1v) is 3.73. The van der Waals surface area contributed by atoms with Crippen molar-refractivity contribution in [3.05, 3.63) is 36.2 Å². The van der Waals surface area contributed by atoms with Crippen LogP contribution < -0.4 is 4.74 Å². The maximum absolute atomic E-state index is 10.5. The van der Waals surface area contributed by atoms with E-state index < -0.39 is 5.97 Å². The SMILES string of the molecule is [CH2]C(=O)Oc1ccc(C=O)cc1C. The first kappa shape index (κ1) is 9.45. The Kier molecular flexibility index (Phi) is 2.80. The van der Waals surface area contributed by atoms with E-state index in [0.29, 0.717) is 11.3 Å². The lowest BCUT2D eigenvalue weighted by Crippen LogP contribution is -2.03. The van der Waals surface area contributed by atoms with Crippen LogP contribution in [0.25, 0.3) is 0 Å². The van der Waals surface area contributed by atoms with Crippen molar-refractivity contribution in [3.63, 3.8) is 0 Å². The van der Waals surface area contributed by atoms with Gasteiger partial charge in [-0.1, -0.05) is 0 Å². The van der Waals surface area contributed by atoms with Crippen LogP contribution in [0.1, 0.15) is 15.9 Å². The van der Waals surface area contributed by atoms with Crippen molar-refractivity contribution >= 4 is 12.3 Å². The second-order valence-corrected chi connectivity index (χ2v) is 2.62. The van der Waals surface area contributed by atoms with Gasteiger partial charge in [0, 0.05) is 5.56 Å². The minimum absolute atomic E-state index is 0.436. The summed E-state index contributed by atoms with van der Waals surface area (Å²) in [6.07, 6.45) is 0.739. The largest absolute Gasteiger partial charge is 0.426 e. The van der Waals surface area contributed by atoms with Crippen LogP contribution in [0, 0.1) is 13.8 Å². The Labute approximate surface area is 76.3 Å². The summed E-state index contributed by atoms with van der Waals surface area (Å²) in [5.74, 6) is -0.174. The zero-order valence-corrected chi connectivity index (χ0v) is 7.24. The number of hydrogen-bond donors (Lipinski definition) is 0. The zero-order chi connectivity index (χ0) is 9.84. The van der Waals surface area contributed by atoms with Crippen molar-refractivity contribution in [2.45, 2.75) is 6.92 Å². The van der Waals surface area contributed by atoms with Gasteiger partial charge >= 0.3 is 5.97 Å². The van der Waals surface area contributed by atoms with E-state index in [9.17, 15) is 9.59 Å². The van der Waals surface area contributed by atoms with Crippen molar-refractivity contribution < 1.29 is 14.3 Å². The molecule has 0 amide bonds. The summed E-state index contributed by atoms with van der Waals surface area (Å²) < 4.78 is 4.78. The van der Waals surface area contributed by atoms with E-state index in [1.165, 1.54) is 0 Å². The van der Waals surface area contributed by atoms with Crippen LogP contribution in [-0.2, 0) is 4.79 Å². The van der Waals surface area contributed by atoms with Gasteiger partial charge in [-0.15, -0.1) is 0 Å². The molecular formula is C10H9O3. The number of rotatable bonds is 2. The van der Waals surface area contributed by atoms with Crippen LogP contribution in [0.5, 0.6) is 5.75 Å². The quantitative estimate of drug-likeness (QED) is 0.391. The number of carbonyl (C=O) groups excluding carboxylic acids is 2. The van der Waals surface area contributed by atoms with E-state index in [4.69, 9.17) is 4.74 Å². The van der Waals surface area contributed by atoms with Crippen LogP contribution in [-0.4, -0.2) is 12.3 Å². The second-order valence-electron chi connectivity index (χ2n) is 2.62. The third-order valence-electron chi connectivity index (χ3n) is 1.56. The summed E-state index contributed by atoms with van der Waals surface area (Å²) in [4.78, 5) is 20.9. The monoisotopic (exact) mass is 177 g/mol. The van der Waals surface area contributed by atoms with Crippen molar-refractivity contribution in [1.29, 1.82) is 0 Å². The highest BCUT2D eigenvalue weighted by Crippen LogP contribution is 2.18. The molecule has 67 valence electrons. The molecule has 3 heteroatoms. The van der Waals surface area contributed by atoms with Gasteiger partial charge in [0.25, 0.3) is 0 Å². The molecule has 1 radical (unpaired) electrons. The molecule has 1 rings (SSSR count). The molecule has 1 aromatic rings. The lowest BCUT2D eigenvalue weighted by molar-refractivity contribution is -0.129. The number of hydrogen-bond acceptors (Lipinski definition) is 3. The molecule has 0 saturated carbocycles. The highest BCUT2D eigenvalue weighted by molar-refractivity contribution is 5.78. The topological polar surface area (TPSA) is 43.4 Å². The average molecular weight is 177 g/mol. The van der Waals surface area contributed by atoms with Gasteiger partial charge in [0.15, 0.2) is 0 Å². The van der Waals surface area contributed by atoms with Crippen LogP contribution in [0.3, 0.4) is 0 Å². The van der Waals surface area contributed by atoms with Crippen molar-refractivity contribution in [2.24, 2.45) is 0 Å². The predicted molar refractivity (Wildman–Crippen MR) is 47.6 cm³/mol. The van der Waals surface area contributed by atoms with Crippen LogP contribution in [0.15, 0.2) is 18.2 Å². The van der Waals surface area contributed by atoms with E-state index in [0.717, 1.165) is 11.8 Å². The smallest absolute Gasteiger partial charge is 0.311 e. The third kappa shape index (κ3) is 2.40. The standard InChI is InChI=1S/C10H9O3/c1-7-5-9(6-11)3-4-10(7)13-8(2)12/h3-6H,2H2,1H3. The lowest BCUT2D eigenvalue weighted by Gasteiger charge is -2.04. The Hall–Kier alpha value is -1.64. The molecule has 0 aliphatic heterocycles. The number of benzene rings is 1. The summed E-state index contributed by atoms with van der Waals surface area (Å²) in [6, 6.07) is 4.80. The Morgan fingerprint density at radius 3 is 2.69 bits per heavy atom. The van der Waals surface area contributed by atoms with E-state index in [1.54, 1.807) is 25.1 Å². The Morgan fingerprint density at radius 1 is 1.54 bits per heavy atom. The number of esters is 1. The van der Waals surface area contributed by atoms with Gasteiger partial charge in [-0.25, -0.2) is 0 Å². The van der Waals surface area contributed by atoms with Gasteiger partial charge in [0.1, 0.15) is 12.0 Å². The summed E-state index contributed by atoms with van der Waals surface area (Å²) in [5, 5.41) is 0. The lowest BCUT2D eigenvalue weighted by atomic mass is 10.1. The first-order valence-electron chi connectivity index (χ1n) is 3.73. The molecule has 0 aliphatic rings. The Balaban J connectivity index is 2.98. The molecule has 0 spiro atoms. The maximum Gasteiger partial charge on any atom is 0.311 e. The minimum atomic E-state index is -0.609. The number of ether oxygens (including phenoxy) is 1. The zero-order valence-electron chi connectivity index (χ0n) is 7.24. The Morgan fingerprint density at radius 2 is 2.23 bits per heavy atom. The summed E-state index contributed by atoms with van der Waals surface area (Å²) in [7, 11) is 0. The molecule has 0 aromatic heterocycles. The molecule has 1 aromatic carbocycles. The molecule has 3 nitrogen and oxygen atoms in total. The fourth-order valence-electron chi connectivity index (χ4n) is 0.983. The molecule has 13 heavy (non-hydrogen) atoms. The third-order valence-corrected chi connectivity index (χ3v) is 1.56. The van der Waals surface area contributed by atoms with E-state index in [-0.39, 0.29) is 0 Å². The minimum Gasteiger partial charge on any atom is -0.426 e. The van der Waals surface area contributed by atoms with Gasteiger partial charge in [-0.05, 0) is 30.7 Å². The van der Waals surface area contributed by atoms with Crippen molar-refractivity contribution in [2.75, 3.05) is 0 Å². The molecule has 0 aliphatic carbocycles. The van der Waals surface area contributed by atoms with Gasteiger partial charge in [0.2, 0.25) is 0 Å².